The maximum Gasteiger partial charge on any atom is 0.281 e. The highest BCUT2D eigenvalue weighted by Crippen LogP contribution is 2.25. The number of hydrogen-bond donors (Lipinski definition) is 0. The lowest BCUT2D eigenvalue weighted by atomic mass is 10.3. The minimum Gasteiger partial charge on any atom is -0.273 e. The molecule has 0 aliphatic carbocycles. The number of carbonyl (C=O) groups excluding carboxylic acids is 1. The first-order chi connectivity index (χ1) is 8.25. The Bertz CT molecular complexity index is 584. The van der Waals surface area contributed by atoms with Gasteiger partial charge in [0, 0.05) is 18.6 Å². The van der Waals surface area contributed by atoms with Crippen LogP contribution in [-0.2, 0) is 0 Å². The number of carbonyl (C=O) groups is 1. The zero-order chi connectivity index (χ0) is 11.8. The van der Waals surface area contributed by atoms with Gasteiger partial charge < -0.3 is 0 Å². The number of hydrogen-bond acceptors (Lipinski definition) is 4. The third-order valence-corrected chi connectivity index (χ3v) is 2.49. The summed E-state index contributed by atoms with van der Waals surface area (Å²) in [4.78, 5) is 25.3. The summed E-state index contributed by atoms with van der Waals surface area (Å²) in [6.07, 6.45) is 4.45. The number of rotatable bonds is 1. The fourth-order valence-electron chi connectivity index (χ4n) is 1.50. The number of anilines is 1. The molecule has 82 valence electrons. The summed E-state index contributed by atoms with van der Waals surface area (Å²) in [7, 11) is 0. The van der Waals surface area contributed by atoms with Gasteiger partial charge in [-0.15, -0.1) is 0 Å². The largest absolute Gasteiger partial charge is 0.281 e. The van der Waals surface area contributed by atoms with Crippen molar-refractivity contribution in [2.75, 3.05) is 4.90 Å². The molecule has 6 heteroatoms. The topological polar surface area (TPSA) is 59.0 Å². The van der Waals surface area contributed by atoms with E-state index in [1.165, 1.54) is 23.5 Å². The first-order valence-electron chi connectivity index (χ1n) is 4.79. The summed E-state index contributed by atoms with van der Waals surface area (Å²) >= 11 is 5.73. The van der Waals surface area contributed by atoms with Crippen molar-refractivity contribution >= 4 is 23.3 Å². The molecule has 0 saturated carbocycles. The van der Waals surface area contributed by atoms with E-state index in [0.717, 1.165) is 0 Å². The van der Waals surface area contributed by atoms with Crippen LogP contribution in [-0.4, -0.2) is 20.9 Å². The quantitative estimate of drug-likeness (QED) is 0.764. The number of halogens is 1. The SMILES string of the molecule is O=C1c2nccnc2[C]N1c1ccc(Cl)cn1. The molecule has 0 spiro atoms. The van der Waals surface area contributed by atoms with Crippen LogP contribution in [0.5, 0.6) is 0 Å². The van der Waals surface area contributed by atoms with E-state index >= 15 is 0 Å². The summed E-state index contributed by atoms with van der Waals surface area (Å²) in [5, 5.41) is 0.508. The van der Waals surface area contributed by atoms with E-state index in [-0.39, 0.29) is 11.6 Å². The smallest absolute Gasteiger partial charge is 0.273 e. The van der Waals surface area contributed by atoms with Crippen molar-refractivity contribution in [2.24, 2.45) is 0 Å². The van der Waals surface area contributed by atoms with Gasteiger partial charge in [0.2, 0.25) is 0 Å². The highest BCUT2D eigenvalue weighted by Gasteiger charge is 2.32. The Morgan fingerprint density at radius 1 is 1.18 bits per heavy atom. The lowest BCUT2D eigenvalue weighted by molar-refractivity contribution is 0.0997. The van der Waals surface area contributed by atoms with Crippen LogP contribution in [0.1, 0.15) is 16.2 Å². The van der Waals surface area contributed by atoms with E-state index in [1.807, 2.05) is 0 Å². The molecule has 0 aromatic carbocycles. The number of nitrogens with zero attached hydrogens (tertiary/aromatic N) is 4. The Morgan fingerprint density at radius 2 is 2.00 bits per heavy atom. The lowest BCUT2D eigenvalue weighted by Crippen LogP contribution is -2.23. The zero-order valence-corrected chi connectivity index (χ0v) is 9.22. The van der Waals surface area contributed by atoms with Gasteiger partial charge in [-0.05, 0) is 12.1 Å². The fourth-order valence-corrected chi connectivity index (χ4v) is 1.61. The number of pyridine rings is 1. The summed E-state index contributed by atoms with van der Waals surface area (Å²) in [5.41, 5.74) is 0.707. The maximum atomic E-state index is 12.0. The fraction of sp³-hybridized carbons (Fsp3) is 0. The van der Waals surface area contributed by atoms with Crippen molar-refractivity contribution in [3.05, 3.63) is 53.7 Å². The van der Waals surface area contributed by atoms with Gasteiger partial charge in [0.05, 0.1) is 5.02 Å². The molecule has 0 N–H and O–H groups in total. The molecular formula is C11H5ClN4O. The van der Waals surface area contributed by atoms with Crippen molar-refractivity contribution in [3.63, 3.8) is 0 Å². The molecule has 0 unspecified atom stereocenters. The second-order valence-electron chi connectivity index (χ2n) is 3.34. The minimum atomic E-state index is -0.289. The lowest BCUT2D eigenvalue weighted by Gasteiger charge is -2.11. The van der Waals surface area contributed by atoms with Crippen LogP contribution in [0.15, 0.2) is 30.7 Å². The molecule has 5 nitrogen and oxygen atoms in total. The van der Waals surface area contributed by atoms with Crippen LogP contribution >= 0.6 is 11.6 Å². The Kier molecular flexibility index (Phi) is 2.26. The van der Waals surface area contributed by atoms with E-state index in [9.17, 15) is 4.79 Å². The third kappa shape index (κ3) is 1.64. The van der Waals surface area contributed by atoms with Crippen molar-refractivity contribution in [2.45, 2.75) is 0 Å². The number of fused-ring (bicyclic) bond motifs is 1. The monoisotopic (exact) mass is 244 g/mol. The minimum absolute atomic E-state index is 0.282. The second-order valence-corrected chi connectivity index (χ2v) is 3.78. The van der Waals surface area contributed by atoms with Gasteiger partial charge in [-0.3, -0.25) is 14.7 Å². The maximum absolute atomic E-state index is 12.0. The average Bonchev–Trinajstić information content (AvgIpc) is 2.69. The highest BCUT2D eigenvalue weighted by atomic mass is 35.5. The Balaban J connectivity index is 1.99. The van der Waals surface area contributed by atoms with Gasteiger partial charge in [-0.25, -0.2) is 9.97 Å². The molecule has 3 heterocycles. The van der Waals surface area contributed by atoms with Gasteiger partial charge in [-0.2, -0.15) is 0 Å². The molecule has 0 saturated heterocycles. The van der Waals surface area contributed by atoms with Gasteiger partial charge in [0.25, 0.3) is 5.91 Å². The molecule has 0 bridgehead atoms. The average molecular weight is 245 g/mol. The standard InChI is InChI=1S/C11H5ClN4O/c12-7-1-2-9(15-5-7)16-6-8-10(11(16)17)14-4-3-13-8/h1-5H. The molecule has 2 aromatic rings. The number of aromatic nitrogens is 3. The van der Waals surface area contributed by atoms with Crippen molar-refractivity contribution in [3.8, 4) is 0 Å². The normalized spacial score (nSPS) is 13.9. The second kappa shape index (κ2) is 3.78. The molecule has 1 aliphatic rings. The van der Waals surface area contributed by atoms with Crippen LogP contribution in [0.2, 0.25) is 5.02 Å². The highest BCUT2D eigenvalue weighted by molar-refractivity contribution is 6.30. The molecular weight excluding hydrogens is 240 g/mol. The number of amides is 1. The van der Waals surface area contributed by atoms with Crippen LogP contribution in [0, 0.1) is 6.54 Å². The van der Waals surface area contributed by atoms with E-state index in [0.29, 0.717) is 16.5 Å². The van der Waals surface area contributed by atoms with Crippen molar-refractivity contribution < 1.29 is 4.79 Å². The van der Waals surface area contributed by atoms with E-state index < -0.39 is 0 Å². The predicted octanol–water partition coefficient (Wildman–Crippen LogP) is 1.57. The predicted molar refractivity (Wildman–Crippen MR) is 60.4 cm³/mol. The molecule has 0 atom stereocenters. The van der Waals surface area contributed by atoms with Crippen molar-refractivity contribution in [1.29, 1.82) is 0 Å². The van der Waals surface area contributed by atoms with E-state index in [1.54, 1.807) is 12.1 Å². The van der Waals surface area contributed by atoms with Crippen molar-refractivity contribution in [1.82, 2.24) is 15.0 Å². The Hall–Kier alpha value is -2.01. The zero-order valence-electron chi connectivity index (χ0n) is 8.46. The van der Waals surface area contributed by atoms with Crippen LogP contribution in [0.4, 0.5) is 5.82 Å². The molecule has 0 fully saturated rings. The van der Waals surface area contributed by atoms with Crippen LogP contribution in [0.25, 0.3) is 0 Å². The first-order valence-corrected chi connectivity index (χ1v) is 5.17. The Labute approximate surface area is 102 Å². The summed E-state index contributed by atoms with van der Waals surface area (Å²) in [5.74, 6) is 0.155. The summed E-state index contributed by atoms with van der Waals surface area (Å²) in [6, 6.07) is 3.29. The van der Waals surface area contributed by atoms with E-state index in [4.69, 9.17) is 11.6 Å². The summed E-state index contributed by atoms with van der Waals surface area (Å²) < 4.78 is 0. The Morgan fingerprint density at radius 3 is 2.71 bits per heavy atom. The van der Waals surface area contributed by atoms with Gasteiger partial charge in [0.1, 0.15) is 11.5 Å². The summed E-state index contributed by atoms with van der Waals surface area (Å²) in [6.45, 7) is 2.82. The van der Waals surface area contributed by atoms with Crippen LogP contribution in [0.3, 0.4) is 0 Å². The van der Waals surface area contributed by atoms with Crippen LogP contribution < -0.4 is 4.90 Å². The van der Waals surface area contributed by atoms with E-state index in [2.05, 4.69) is 21.5 Å². The molecule has 1 amide bonds. The molecule has 17 heavy (non-hydrogen) atoms. The van der Waals surface area contributed by atoms with Gasteiger partial charge in [0.15, 0.2) is 12.2 Å². The molecule has 2 aromatic heterocycles. The first kappa shape index (κ1) is 10.2. The molecule has 3 rings (SSSR count). The third-order valence-electron chi connectivity index (χ3n) is 2.26. The molecule has 2 radical (unpaired) electrons. The van der Waals surface area contributed by atoms with Gasteiger partial charge in [-0.1, -0.05) is 11.6 Å². The molecule has 1 aliphatic heterocycles. The van der Waals surface area contributed by atoms with Gasteiger partial charge >= 0.3 is 0 Å².